The quantitative estimate of drug-likeness (QED) is 0.365. The highest BCUT2D eigenvalue weighted by Crippen LogP contribution is 2.30. The van der Waals surface area contributed by atoms with Gasteiger partial charge in [0.05, 0.1) is 0 Å². The lowest BCUT2D eigenvalue weighted by molar-refractivity contribution is -0.149. The maximum atomic E-state index is 12.7. The molecule has 0 N–H and O–H groups in total. The second-order valence-corrected chi connectivity index (χ2v) is 7.21. The Morgan fingerprint density at radius 1 is 1.07 bits per heavy atom. The van der Waals surface area contributed by atoms with Crippen molar-refractivity contribution in [3.05, 3.63) is 69.0 Å². The van der Waals surface area contributed by atoms with E-state index in [1.165, 1.54) is 6.07 Å². The van der Waals surface area contributed by atoms with Crippen molar-refractivity contribution in [3.8, 4) is 11.5 Å². The molecule has 1 heterocycles. The Kier molecular flexibility index (Phi) is 4.98. The van der Waals surface area contributed by atoms with Crippen LogP contribution in [0.2, 0.25) is 5.02 Å². The van der Waals surface area contributed by atoms with Gasteiger partial charge in [-0.3, -0.25) is 0 Å². The molecule has 0 unspecified atom stereocenters. The number of ether oxygens (including phenoxy) is 2. The fourth-order valence-corrected chi connectivity index (χ4v) is 2.80. The molecule has 0 amide bonds. The van der Waals surface area contributed by atoms with Crippen molar-refractivity contribution >= 4 is 28.5 Å². The molecule has 3 rings (SSSR count). The summed E-state index contributed by atoms with van der Waals surface area (Å²) >= 11 is 5.86. The van der Waals surface area contributed by atoms with Crippen molar-refractivity contribution < 1.29 is 18.7 Å². The molecule has 6 heteroatoms. The van der Waals surface area contributed by atoms with E-state index in [0.717, 1.165) is 10.9 Å². The Labute approximate surface area is 161 Å². The number of benzene rings is 2. The van der Waals surface area contributed by atoms with Crippen molar-refractivity contribution in [2.24, 2.45) is 0 Å². The summed E-state index contributed by atoms with van der Waals surface area (Å²) in [4.78, 5) is 24.3. The molecule has 1 aromatic heterocycles. The fourth-order valence-electron chi connectivity index (χ4n) is 2.67. The Balaban J connectivity index is 1.87. The molecule has 2 aromatic carbocycles. The van der Waals surface area contributed by atoms with Crippen molar-refractivity contribution in [1.29, 1.82) is 0 Å². The maximum absolute atomic E-state index is 12.7. The van der Waals surface area contributed by atoms with Gasteiger partial charge in [-0.25, -0.2) is 9.59 Å². The maximum Gasteiger partial charge on any atom is 0.355 e. The van der Waals surface area contributed by atoms with Gasteiger partial charge in [0.25, 0.3) is 0 Å². The topological polar surface area (TPSA) is 65.7 Å². The standard InChI is InChI=1S/C21H19ClO5/c1-12-11-18(23)26-19-13(2)17(10-9-16(12)19)25-20(24)21(3,4)27-15-7-5-14(22)6-8-15/h5-11H,1-4H3. The van der Waals surface area contributed by atoms with Crippen LogP contribution in [0.1, 0.15) is 25.0 Å². The first kappa shape index (κ1) is 19.0. The van der Waals surface area contributed by atoms with Gasteiger partial charge in [-0.15, -0.1) is 0 Å². The Morgan fingerprint density at radius 2 is 1.74 bits per heavy atom. The summed E-state index contributed by atoms with van der Waals surface area (Å²) in [6.07, 6.45) is 0. The zero-order valence-electron chi connectivity index (χ0n) is 15.5. The van der Waals surface area contributed by atoms with Gasteiger partial charge < -0.3 is 13.9 Å². The van der Waals surface area contributed by atoms with E-state index in [4.69, 9.17) is 25.5 Å². The number of hydrogen-bond donors (Lipinski definition) is 0. The molecule has 0 aliphatic heterocycles. The molecule has 27 heavy (non-hydrogen) atoms. The predicted octanol–water partition coefficient (Wildman–Crippen LogP) is 4.83. The van der Waals surface area contributed by atoms with E-state index in [1.54, 1.807) is 57.2 Å². The molecule has 0 fully saturated rings. The Bertz CT molecular complexity index is 1060. The average molecular weight is 387 g/mol. The van der Waals surface area contributed by atoms with Crippen LogP contribution in [0.25, 0.3) is 11.0 Å². The van der Waals surface area contributed by atoms with Gasteiger partial charge in [0, 0.05) is 22.0 Å². The predicted molar refractivity (Wildman–Crippen MR) is 104 cm³/mol. The average Bonchev–Trinajstić information content (AvgIpc) is 2.59. The number of halogens is 1. The van der Waals surface area contributed by atoms with E-state index >= 15 is 0 Å². The lowest BCUT2D eigenvalue weighted by Gasteiger charge is -2.24. The third-order valence-corrected chi connectivity index (χ3v) is 4.45. The van der Waals surface area contributed by atoms with Gasteiger partial charge in [-0.2, -0.15) is 0 Å². The summed E-state index contributed by atoms with van der Waals surface area (Å²) < 4.78 is 16.6. The molecule has 0 saturated heterocycles. The number of esters is 1. The smallest absolute Gasteiger partial charge is 0.355 e. The van der Waals surface area contributed by atoms with Gasteiger partial charge in [0.2, 0.25) is 5.60 Å². The lowest BCUT2D eigenvalue weighted by Crippen LogP contribution is -2.41. The third-order valence-electron chi connectivity index (χ3n) is 4.20. The first-order chi connectivity index (χ1) is 12.7. The van der Waals surface area contributed by atoms with Crippen molar-refractivity contribution in [1.82, 2.24) is 0 Å². The SMILES string of the molecule is Cc1cc(=O)oc2c(C)c(OC(=O)C(C)(C)Oc3ccc(Cl)cc3)ccc12. The van der Waals surface area contributed by atoms with E-state index < -0.39 is 17.2 Å². The lowest BCUT2D eigenvalue weighted by atomic mass is 10.1. The van der Waals surface area contributed by atoms with Crippen LogP contribution in [0.3, 0.4) is 0 Å². The molecule has 140 valence electrons. The first-order valence-electron chi connectivity index (χ1n) is 8.38. The molecule has 0 atom stereocenters. The summed E-state index contributed by atoms with van der Waals surface area (Å²) in [6, 6.07) is 11.6. The second kappa shape index (κ2) is 7.08. The van der Waals surface area contributed by atoms with E-state index in [1.807, 2.05) is 6.92 Å². The molecule has 0 aliphatic carbocycles. The van der Waals surface area contributed by atoms with Gasteiger partial charge in [-0.05, 0) is 69.7 Å². The first-order valence-corrected chi connectivity index (χ1v) is 8.76. The number of carbonyl (C=O) groups is 1. The minimum absolute atomic E-state index is 0.314. The van der Waals surface area contributed by atoms with Crippen LogP contribution in [0.5, 0.6) is 11.5 Å². The third kappa shape index (κ3) is 3.98. The number of aryl methyl sites for hydroxylation is 2. The highest BCUT2D eigenvalue weighted by atomic mass is 35.5. The summed E-state index contributed by atoms with van der Waals surface area (Å²) in [5.74, 6) is 0.238. The van der Waals surface area contributed by atoms with Crippen LogP contribution in [-0.4, -0.2) is 11.6 Å². The minimum atomic E-state index is -1.23. The minimum Gasteiger partial charge on any atom is -0.476 e. The van der Waals surface area contributed by atoms with Crippen molar-refractivity contribution in [2.75, 3.05) is 0 Å². The van der Waals surface area contributed by atoms with Gasteiger partial charge in [0.15, 0.2) is 0 Å². The normalized spacial score (nSPS) is 11.4. The molecule has 0 saturated carbocycles. The Morgan fingerprint density at radius 3 is 2.41 bits per heavy atom. The molecule has 0 aliphatic rings. The zero-order chi connectivity index (χ0) is 19.8. The van der Waals surface area contributed by atoms with E-state index in [-0.39, 0.29) is 0 Å². The highest BCUT2D eigenvalue weighted by Gasteiger charge is 2.33. The van der Waals surface area contributed by atoms with Gasteiger partial charge in [0.1, 0.15) is 17.1 Å². The second-order valence-electron chi connectivity index (χ2n) is 6.77. The molecule has 0 radical (unpaired) electrons. The number of carbonyl (C=O) groups excluding carboxylic acids is 1. The van der Waals surface area contributed by atoms with Crippen LogP contribution in [0, 0.1) is 13.8 Å². The summed E-state index contributed by atoms with van der Waals surface area (Å²) in [5.41, 5.74) is 0.0973. The van der Waals surface area contributed by atoms with Crippen LogP contribution >= 0.6 is 11.6 Å². The van der Waals surface area contributed by atoms with Crippen LogP contribution in [-0.2, 0) is 4.79 Å². The van der Waals surface area contributed by atoms with Crippen molar-refractivity contribution in [2.45, 2.75) is 33.3 Å². The molecule has 5 nitrogen and oxygen atoms in total. The number of hydrogen-bond acceptors (Lipinski definition) is 5. The largest absolute Gasteiger partial charge is 0.476 e. The molecular weight excluding hydrogens is 368 g/mol. The zero-order valence-corrected chi connectivity index (χ0v) is 16.2. The van der Waals surface area contributed by atoms with Crippen LogP contribution in [0.15, 0.2) is 51.7 Å². The van der Waals surface area contributed by atoms with E-state index in [9.17, 15) is 9.59 Å². The Hall–Kier alpha value is -2.79. The molecule has 0 spiro atoms. The fraction of sp³-hybridized carbons (Fsp3) is 0.238. The molecular formula is C21H19ClO5. The number of fused-ring (bicyclic) bond motifs is 1. The summed E-state index contributed by atoms with van der Waals surface area (Å²) in [6.45, 7) is 6.79. The summed E-state index contributed by atoms with van der Waals surface area (Å²) in [7, 11) is 0. The highest BCUT2D eigenvalue weighted by molar-refractivity contribution is 6.30. The monoisotopic (exact) mass is 386 g/mol. The van der Waals surface area contributed by atoms with Gasteiger partial charge >= 0.3 is 11.6 Å². The van der Waals surface area contributed by atoms with Crippen molar-refractivity contribution in [3.63, 3.8) is 0 Å². The summed E-state index contributed by atoms with van der Waals surface area (Å²) in [5, 5.41) is 1.37. The number of rotatable bonds is 4. The van der Waals surface area contributed by atoms with E-state index in [0.29, 0.717) is 27.7 Å². The molecule has 0 bridgehead atoms. The van der Waals surface area contributed by atoms with Crippen LogP contribution < -0.4 is 15.1 Å². The van der Waals surface area contributed by atoms with Crippen LogP contribution in [0.4, 0.5) is 0 Å². The van der Waals surface area contributed by atoms with E-state index in [2.05, 4.69) is 0 Å². The molecule has 3 aromatic rings. The van der Waals surface area contributed by atoms with Gasteiger partial charge in [-0.1, -0.05) is 11.6 Å².